The van der Waals surface area contributed by atoms with Gasteiger partial charge in [-0.05, 0) is 34.5 Å². The van der Waals surface area contributed by atoms with Gasteiger partial charge in [0.1, 0.15) is 0 Å². The topological polar surface area (TPSA) is 55.6 Å². The van der Waals surface area contributed by atoms with Crippen LogP contribution in [0.1, 0.15) is 17.9 Å². The molecule has 1 aromatic heterocycles. The van der Waals surface area contributed by atoms with Gasteiger partial charge in [-0.3, -0.25) is 0 Å². The highest BCUT2D eigenvalue weighted by molar-refractivity contribution is 5.42. The molecule has 1 saturated carbocycles. The summed E-state index contributed by atoms with van der Waals surface area (Å²) >= 11 is 0. The van der Waals surface area contributed by atoms with Crippen molar-refractivity contribution in [1.82, 2.24) is 20.2 Å². The van der Waals surface area contributed by atoms with E-state index in [2.05, 4.69) is 45.1 Å². The first kappa shape index (κ1) is 12.1. The maximum atomic E-state index is 4.09. The van der Waals surface area contributed by atoms with E-state index in [4.69, 9.17) is 0 Å². The standard InChI is InChI=1S/C16H15N5/c1-3-7-12(8-4-1)14-11-15(14)17-16-18-19-20-21(16)13-9-5-2-6-10-13/h1-10,14-15H,11H2,(H,17,18,20). The molecule has 0 aliphatic heterocycles. The van der Waals surface area contributed by atoms with Gasteiger partial charge in [-0.1, -0.05) is 53.6 Å². The van der Waals surface area contributed by atoms with Gasteiger partial charge in [0.05, 0.1) is 5.69 Å². The van der Waals surface area contributed by atoms with Crippen molar-refractivity contribution < 1.29 is 0 Å². The molecular formula is C16H15N5. The van der Waals surface area contributed by atoms with E-state index in [1.54, 1.807) is 4.68 Å². The third-order valence-corrected chi connectivity index (χ3v) is 3.80. The molecule has 1 aliphatic carbocycles. The summed E-state index contributed by atoms with van der Waals surface area (Å²) in [6.45, 7) is 0. The molecule has 5 heteroatoms. The summed E-state index contributed by atoms with van der Waals surface area (Å²) in [6.07, 6.45) is 1.12. The molecule has 0 spiro atoms. The number of para-hydroxylation sites is 1. The molecule has 0 amide bonds. The molecule has 1 fully saturated rings. The number of hydrogen-bond acceptors (Lipinski definition) is 4. The average Bonchev–Trinajstić information content (AvgIpc) is 3.16. The normalized spacial score (nSPS) is 20.2. The van der Waals surface area contributed by atoms with Crippen LogP contribution in [0.3, 0.4) is 0 Å². The summed E-state index contributed by atoms with van der Waals surface area (Å²) in [5.41, 5.74) is 2.33. The van der Waals surface area contributed by atoms with Gasteiger partial charge in [-0.2, -0.15) is 4.68 Å². The summed E-state index contributed by atoms with van der Waals surface area (Å²) in [5, 5.41) is 15.4. The second-order valence-corrected chi connectivity index (χ2v) is 5.25. The van der Waals surface area contributed by atoms with E-state index in [0.29, 0.717) is 17.9 Å². The number of rotatable bonds is 4. The van der Waals surface area contributed by atoms with Crippen molar-refractivity contribution in [3.05, 3.63) is 66.2 Å². The number of benzene rings is 2. The van der Waals surface area contributed by atoms with Crippen LogP contribution < -0.4 is 5.32 Å². The molecule has 1 heterocycles. The minimum Gasteiger partial charge on any atom is -0.349 e. The SMILES string of the molecule is c1ccc(C2CC2Nc2nnnn2-c2ccccc2)cc1. The fraction of sp³-hybridized carbons (Fsp3) is 0.188. The summed E-state index contributed by atoms with van der Waals surface area (Å²) in [5.74, 6) is 1.25. The minimum absolute atomic E-state index is 0.404. The molecule has 21 heavy (non-hydrogen) atoms. The summed E-state index contributed by atoms with van der Waals surface area (Å²) < 4.78 is 1.74. The molecule has 5 nitrogen and oxygen atoms in total. The van der Waals surface area contributed by atoms with Crippen molar-refractivity contribution >= 4 is 5.95 Å². The number of aromatic nitrogens is 4. The molecule has 2 unspecified atom stereocenters. The van der Waals surface area contributed by atoms with Crippen molar-refractivity contribution in [2.75, 3.05) is 5.32 Å². The van der Waals surface area contributed by atoms with Crippen LogP contribution in [0.25, 0.3) is 5.69 Å². The maximum Gasteiger partial charge on any atom is 0.247 e. The lowest BCUT2D eigenvalue weighted by Crippen LogP contribution is -2.10. The summed E-state index contributed by atoms with van der Waals surface area (Å²) in [4.78, 5) is 0. The lowest BCUT2D eigenvalue weighted by molar-refractivity contribution is 0.788. The molecule has 0 radical (unpaired) electrons. The molecular weight excluding hydrogens is 262 g/mol. The van der Waals surface area contributed by atoms with Crippen molar-refractivity contribution in [2.45, 2.75) is 18.4 Å². The molecule has 104 valence electrons. The van der Waals surface area contributed by atoms with Crippen LogP contribution in [0.2, 0.25) is 0 Å². The van der Waals surface area contributed by atoms with Gasteiger partial charge >= 0.3 is 0 Å². The molecule has 1 aliphatic rings. The van der Waals surface area contributed by atoms with E-state index in [1.807, 2.05) is 36.4 Å². The number of tetrazole rings is 1. The second-order valence-electron chi connectivity index (χ2n) is 5.25. The van der Waals surface area contributed by atoms with Crippen LogP contribution in [-0.2, 0) is 0 Å². The third kappa shape index (κ3) is 2.38. The van der Waals surface area contributed by atoms with Crippen molar-refractivity contribution in [3.63, 3.8) is 0 Å². The van der Waals surface area contributed by atoms with E-state index in [-0.39, 0.29) is 0 Å². The third-order valence-electron chi connectivity index (χ3n) is 3.80. The van der Waals surface area contributed by atoms with E-state index in [0.717, 1.165) is 12.1 Å². The van der Waals surface area contributed by atoms with Crippen molar-refractivity contribution in [3.8, 4) is 5.69 Å². The quantitative estimate of drug-likeness (QED) is 0.796. The number of anilines is 1. The lowest BCUT2D eigenvalue weighted by atomic mass is 10.1. The zero-order chi connectivity index (χ0) is 14.1. The Balaban J connectivity index is 1.52. The highest BCUT2D eigenvalue weighted by Gasteiger charge is 2.39. The Morgan fingerprint density at radius 1 is 0.952 bits per heavy atom. The Morgan fingerprint density at radius 3 is 2.43 bits per heavy atom. The van der Waals surface area contributed by atoms with Gasteiger partial charge < -0.3 is 5.32 Å². The Hall–Kier alpha value is -2.69. The zero-order valence-electron chi connectivity index (χ0n) is 11.4. The fourth-order valence-corrected chi connectivity index (χ4v) is 2.61. The molecule has 1 N–H and O–H groups in total. The highest BCUT2D eigenvalue weighted by atomic mass is 15.6. The van der Waals surface area contributed by atoms with Crippen LogP contribution in [0.15, 0.2) is 60.7 Å². The van der Waals surface area contributed by atoms with E-state index >= 15 is 0 Å². The van der Waals surface area contributed by atoms with Gasteiger partial charge in [0, 0.05) is 12.0 Å². The molecule has 0 saturated heterocycles. The number of nitrogens with zero attached hydrogens (tertiary/aromatic N) is 4. The number of nitrogens with one attached hydrogen (secondary N) is 1. The highest BCUT2D eigenvalue weighted by Crippen LogP contribution is 2.42. The largest absolute Gasteiger partial charge is 0.349 e. The van der Waals surface area contributed by atoms with E-state index in [9.17, 15) is 0 Å². The van der Waals surface area contributed by atoms with Crippen LogP contribution in [0.4, 0.5) is 5.95 Å². The smallest absolute Gasteiger partial charge is 0.247 e. The monoisotopic (exact) mass is 277 g/mol. The van der Waals surface area contributed by atoms with Crippen molar-refractivity contribution in [1.29, 1.82) is 0 Å². The van der Waals surface area contributed by atoms with Crippen molar-refractivity contribution in [2.24, 2.45) is 0 Å². The predicted molar refractivity (Wildman–Crippen MR) is 80.4 cm³/mol. The lowest BCUT2D eigenvalue weighted by Gasteiger charge is -2.06. The van der Waals surface area contributed by atoms with Gasteiger partial charge in [0.2, 0.25) is 5.95 Å². The molecule has 3 aromatic rings. The minimum atomic E-state index is 0.404. The van der Waals surface area contributed by atoms with Crippen LogP contribution in [0, 0.1) is 0 Å². The Bertz CT molecular complexity index is 723. The van der Waals surface area contributed by atoms with E-state index in [1.165, 1.54) is 5.56 Å². The first-order chi connectivity index (χ1) is 10.4. The molecule has 2 atom stereocenters. The first-order valence-electron chi connectivity index (χ1n) is 7.07. The predicted octanol–water partition coefficient (Wildman–Crippen LogP) is 2.63. The summed E-state index contributed by atoms with van der Waals surface area (Å²) in [6, 6.07) is 20.9. The fourth-order valence-electron chi connectivity index (χ4n) is 2.61. The summed E-state index contributed by atoms with van der Waals surface area (Å²) in [7, 11) is 0. The molecule has 2 aromatic carbocycles. The van der Waals surface area contributed by atoms with Crippen LogP contribution >= 0.6 is 0 Å². The van der Waals surface area contributed by atoms with Gasteiger partial charge in [-0.25, -0.2) is 0 Å². The molecule has 0 bridgehead atoms. The average molecular weight is 277 g/mol. The zero-order valence-corrected chi connectivity index (χ0v) is 11.4. The van der Waals surface area contributed by atoms with Gasteiger partial charge in [0.25, 0.3) is 0 Å². The van der Waals surface area contributed by atoms with Crippen LogP contribution in [-0.4, -0.2) is 26.2 Å². The second kappa shape index (κ2) is 5.01. The maximum absolute atomic E-state index is 4.09. The van der Waals surface area contributed by atoms with Crippen LogP contribution in [0.5, 0.6) is 0 Å². The van der Waals surface area contributed by atoms with Gasteiger partial charge in [0.15, 0.2) is 0 Å². The van der Waals surface area contributed by atoms with E-state index < -0.39 is 0 Å². The Kier molecular flexibility index (Phi) is 2.88. The Morgan fingerprint density at radius 2 is 1.67 bits per heavy atom. The first-order valence-corrected chi connectivity index (χ1v) is 7.07. The van der Waals surface area contributed by atoms with Gasteiger partial charge in [-0.15, -0.1) is 0 Å². The molecule has 4 rings (SSSR count). The Labute approximate surface area is 122 Å². The number of hydrogen-bond donors (Lipinski definition) is 1.